The molecule has 0 saturated heterocycles. The lowest BCUT2D eigenvalue weighted by molar-refractivity contribution is -0.255. The highest BCUT2D eigenvalue weighted by atomic mass is 17.1. The minimum Gasteiger partial charge on any atom is -0.459 e. The number of anilines is 1. The number of aryl methyl sites for hydroxylation is 1. The predicted octanol–water partition coefficient (Wildman–Crippen LogP) is 5.80. The number of carbonyl (C=O) groups excluding carboxylic acids is 1. The molecule has 0 aliphatic carbocycles. The first kappa shape index (κ1) is 20.8. The molecule has 2 aromatic carbocycles. The Labute approximate surface area is 180 Å². The molecule has 7 nitrogen and oxygen atoms in total. The molecule has 0 unspecified atom stereocenters. The normalized spacial score (nSPS) is 11.2. The number of aromatic amines is 1. The quantitative estimate of drug-likeness (QED) is 0.181. The molecule has 0 atom stereocenters. The van der Waals surface area contributed by atoms with Crippen LogP contribution in [0.3, 0.4) is 0 Å². The highest BCUT2D eigenvalue weighted by Crippen LogP contribution is 2.29. The number of unbranched alkanes of at least 4 members (excludes halogenated alkanes) is 2. The third-order valence-electron chi connectivity index (χ3n) is 5.23. The second kappa shape index (κ2) is 9.59. The summed E-state index contributed by atoms with van der Waals surface area (Å²) in [6, 6.07) is 16.9. The number of H-pyrrole nitrogens is 1. The summed E-state index contributed by atoms with van der Waals surface area (Å²) in [4.78, 5) is 16.9. The van der Waals surface area contributed by atoms with Crippen molar-refractivity contribution >= 4 is 22.6 Å². The van der Waals surface area contributed by atoms with Crippen LogP contribution in [0.2, 0.25) is 0 Å². The van der Waals surface area contributed by atoms with Crippen LogP contribution in [-0.2, 0) is 17.9 Å². The molecule has 2 aromatic heterocycles. The van der Waals surface area contributed by atoms with Crippen LogP contribution in [0.4, 0.5) is 5.82 Å². The molecule has 0 aliphatic heterocycles. The van der Waals surface area contributed by atoms with Gasteiger partial charge in [-0.15, -0.1) is 0 Å². The number of fused-ring (bicyclic) bond motifs is 1. The number of nitrogens with zero attached hydrogens (tertiary/aromatic N) is 1. The van der Waals surface area contributed by atoms with Crippen molar-refractivity contribution in [3.63, 3.8) is 0 Å². The molecule has 2 heterocycles. The van der Waals surface area contributed by atoms with Crippen LogP contribution in [0, 0.1) is 0 Å². The number of nitrogens with one attached hydrogen (secondary N) is 2. The van der Waals surface area contributed by atoms with E-state index in [1.165, 1.54) is 18.4 Å². The monoisotopic (exact) mass is 419 g/mol. The second-order valence-corrected chi connectivity index (χ2v) is 7.48. The maximum atomic E-state index is 12.7. The lowest BCUT2D eigenvalue weighted by atomic mass is 10.1. The van der Waals surface area contributed by atoms with E-state index in [0.29, 0.717) is 22.9 Å². The van der Waals surface area contributed by atoms with Crippen LogP contribution in [0.5, 0.6) is 0 Å². The van der Waals surface area contributed by atoms with E-state index in [4.69, 9.17) is 9.67 Å². The Morgan fingerprint density at radius 1 is 1.13 bits per heavy atom. The van der Waals surface area contributed by atoms with Gasteiger partial charge in [0.05, 0.1) is 5.52 Å². The van der Waals surface area contributed by atoms with Crippen molar-refractivity contribution in [3.05, 3.63) is 71.5 Å². The van der Waals surface area contributed by atoms with E-state index < -0.39 is 0 Å². The predicted molar refractivity (Wildman–Crippen MR) is 119 cm³/mol. The molecule has 160 valence electrons. The summed E-state index contributed by atoms with van der Waals surface area (Å²) in [5.41, 5.74) is 3.45. The molecule has 0 spiro atoms. The minimum absolute atomic E-state index is 0.0212. The molecular formula is C24H25N3O4. The highest BCUT2D eigenvalue weighted by Gasteiger charge is 2.13. The first-order valence-electron chi connectivity index (χ1n) is 10.4. The number of hydrogen-bond acceptors (Lipinski definition) is 5. The van der Waals surface area contributed by atoms with E-state index in [1.807, 2.05) is 42.5 Å². The Kier molecular flexibility index (Phi) is 6.45. The molecule has 0 bridgehead atoms. The van der Waals surface area contributed by atoms with Gasteiger partial charge in [0.2, 0.25) is 0 Å². The summed E-state index contributed by atoms with van der Waals surface area (Å²) < 4.78 is 5.67. The van der Waals surface area contributed by atoms with E-state index in [0.717, 1.165) is 29.3 Å². The first-order chi connectivity index (χ1) is 15.2. The fourth-order valence-electron chi connectivity index (χ4n) is 3.52. The summed E-state index contributed by atoms with van der Waals surface area (Å²) in [6.45, 7) is 2.17. The van der Waals surface area contributed by atoms with Crippen LogP contribution in [0.15, 0.2) is 59.0 Å². The zero-order valence-electron chi connectivity index (χ0n) is 17.4. The van der Waals surface area contributed by atoms with Gasteiger partial charge in [-0.25, -0.2) is 4.89 Å². The molecule has 31 heavy (non-hydrogen) atoms. The maximum Gasteiger partial charge on any atom is 0.256 e. The molecule has 1 amide bonds. The molecule has 0 fully saturated rings. The average Bonchev–Trinajstić information content (AvgIpc) is 3.42. The van der Waals surface area contributed by atoms with Crippen molar-refractivity contribution < 1.29 is 19.4 Å². The Balaban J connectivity index is 1.50. The van der Waals surface area contributed by atoms with E-state index >= 15 is 0 Å². The van der Waals surface area contributed by atoms with Gasteiger partial charge in [0.15, 0.2) is 5.82 Å². The summed E-state index contributed by atoms with van der Waals surface area (Å²) in [5.74, 6) is 1.39. The number of amides is 1. The topological polar surface area (TPSA) is 100 Å². The standard InChI is InChI=1S/C24H25N3O4/c1-2-3-4-5-16-6-8-17(9-7-16)24(28)25-23-20-14-18(10-12-21(20)26-27-23)22-13-11-19(31-22)15-30-29/h6-14,29H,2-5,15H2,1H3,(H2,25,26,27,28). The fraction of sp³-hybridized carbons (Fsp3) is 0.250. The Morgan fingerprint density at radius 2 is 1.97 bits per heavy atom. The summed E-state index contributed by atoms with van der Waals surface area (Å²) in [5, 5.41) is 19.4. The summed E-state index contributed by atoms with van der Waals surface area (Å²) in [7, 11) is 0. The minimum atomic E-state index is -0.209. The Hall–Kier alpha value is -3.42. The molecular weight excluding hydrogens is 394 g/mol. The maximum absolute atomic E-state index is 12.7. The van der Waals surface area contributed by atoms with Gasteiger partial charge >= 0.3 is 0 Å². The van der Waals surface area contributed by atoms with E-state index in [2.05, 4.69) is 27.3 Å². The lowest BCUT2D eigenvalue weighted by Crippen LogP contribution is -2.12. The van der Waals surface area contributed by atoms with Crippen LogP contribution in [0.25, 0.3) is 22.2 Å². The van der Waals surface area contributed by atoms with Gasteiger partial charge in [-0.05, 0) is 60.9 Å². The van der Waals surface area contributed by atoms with Crippen molar-refractivity contribution in [2.24, 2.45) is 0 Å². The summed E-state index contributed by atoms with van der Waals surface area (Å²) in [6.07, 6.45) is 4.60. The number of aromatic nitrogens is 2. The van der Waals surface area contributed by atoms with Gasteiger partial charge in [-0.2, -0.15) is 5.10 Å². The number of hydrogen-bond donors (Lipinski definition) is 3. The van der Waals surface area contributed by atoms with Gasteiger partial charge in [0.25, 0.3) is 5.91 Å². The highest BCUT2D eigenvalue weighted by molar-refractivity contribution is 6.08. The van der Waals surface area contributed by atoms with Crippen molar-refractivity contribution in [2.45, 2.75) is 39.2 Å². The van der Waals surface area contributed by atoms with E-state index in [-0.39, 0.29) is 12.5 Å². The molecule has 4 aromatic rings. The second-order valence-electron chi connectivity index (χ2n) is 7.48. The van der Waals surface area contributed by atoms with Gasteiger partial charge < -0.3 is 9.73 Å². The molecule has 0 saturated carbocycles. The van der Waals surface area contributed by atoms with Crippen LogP contribution in [-0.4, -0.2) is 21.4 Å². The SMILES string of the molecule is CCCCCc1ccc(C(=O)Nc2n[nH]c3ccc(-c4ccc(COO)o4)cc23)cc1. The average molecular weight is 419 g/mol. The number of benzene rings is 2. The number of furan rings is 1. The first-order valence-corrected chi connectivity index (χ1v) is 10.4. The molecule has 3 N–H and O–H groups in total. The van der Waals surface area contributed by atoms with Gasteiger partial charge in [-0.1, -0.05) is 31.9 Å². The van der Waals surface area contributed by atoms with Crippen molar-refractivity contribution in [1.29, 1.82) is 0 Å². The largest absolute Gasteiger partial charge is 0.459 e. The molecule has 0 radical (unpaired) electrons. The van der Waals surface area contributed by atoms with Crippen molar-refractivity contribution in [2.75, 3.05) is 5.32 Å². The number of rotatable bonds is 9. The zero-order chi connectivity index (χ0) is 21.6. The summed E-state index contributed by atoms with van der Waals surface area (Å²) >= 11 is 0. The van der Waals surface area contributed by atoms with Gasteiger partial charge in [0, 0.05) is 16.5 Å². The Bertz CT molecular complexity index is 1160. The van der Waals surface area contributed by atoms with E-state index in [1.54, 1.807) is 12.1 Å². The van der Waals surface area contributed by atoms with Crippen LogP contribution < -0.4 is 5.32 Å². The van der Waals surface area contributed by atoms with E-state index in [9.17, 15) is 4.79 Å². The smallest absolute Gasteiger partial charge is 0.256 e. The van der Waals surface area contributed by atoms with Crippen LogP contribution in [0.1, 0.15) is 47.9 Å². The molecule has 4 rings (SSSR count). The fourth-order valence-corrected chi connectivity index (χ4v) is 3.52. The molecule has 7 heteroatoms. The van der Waals surface area contributed by atoms with Crippen LogP contribution >= 0.6 is 0 Å². The lowest BCUT2D eigenvalue weighted by Gasteiger charge is -2.05. The third-order valence-corrected chi connectivity index (χ3v) is 5.23. The van der Waals surface area contributed by atoms with Gasteiger partial charge in [0.1, 0.15) is 18.1 Å². The van der Waals surface area contributed by atoms with Gasteiger partial charge in [-0.3, -0.25) is 15.2 Å². The Morgan fingerprint density at radius 3 is 2.74 bits per heavy atom. The van der Waals surface area contributed by atoms with Crippen molar-refractivity contribution in [1.82, 2.24) is 10.2 Å². The zero-order valence-corrected chi connectivity index (χ0v) is 17.4. The third kappa shape index (κ3) is 4.84. The van der Waals surface area contributed by atoms with Crippen molar-refractivity contribution in [3.8, 4) is 11.3 Å². The molecule has 0 aliphatic rings. The number of carbonyl (C=O) groups is 1.